The lowest BCUT2D eigenvalue weighted by atomic mass is 10.0. The molecule has 4 rings (SSSR count). The summed E-state index contributed by atoms with van der Waals surface area (Å²) < 4.78 is 3.88. The maximum atomic E-state index is 13.3. The number of aryl methyl sites for hydroxylation is 1. The van der Waals surface area contributed by atoms with Gasteiger partial charge >= 0.3 is 0 Å². The highest BCUT2D eigenvalue weighted by atomic mass is 32.1. The highest BCUT2D eigenvalue weighted by molar-refractivity contribution is 7.12. The number of piperidine rings is 1. The molecule has 0 aromatic carbocycles. The second kappa shape index (κ2) is 7.03. The van der Waals surface area contributed by atoms with Crippen LogP contribution in [0.3, 0.4) is 0 Å². The summed E-state index contributed by atoms with van der Waals surface area (Å²) in [4.78, 5) is 19.8. The minimum atomic E-state index is 0.103. The molecular formula is C18H22N6OS. The molecule has 1 fully saturated rings. The molecule has 8 heteroatoms. The van der Waals surface area contributed by atoms with E-state index in [1.807, 2.05) is 41.1 Å². The van der Waals surface area contributed by atoms with E-state index in [4.69, 9.17) is 0 Å². The van der Waals surface area contributed by atoms with Gasteiger partial charge in [0, 0.05) is 35.7 Å². The van der Waals surface area contributed by atoms with Gasteiger partial charge in [0.05, 0.1) is 24.3 Å². The Labute approximate surface area is 156 Å². The van der Waals surface area contributed by atoms with Gasteiger partial charge in [0.1, 0.15) is 0 Å². The number of hydrogen-bond donors (Lipinski definition) is 0. The molecule has 1 aliphatic rings. The minimum absolute atomic E-state index is 0.103. The Balaban J connectivity index is 1.62. The van der Waals surface area contributed by atoms with Gasteiger partial charge in [-0.1, -0.05) is 5.21 Å². The summed E-state index contributed by atoms with van der Waals surface area (Å²) in [6.45, 7) is 5.50. The Morgan fingerprint density at radius 3 is 2.92 bits per heavy atom. The van der Waals surface area contributed by atoms with Gasteiger partial charge in [0.25, 0.3) is 5.91 Å². The first-order valence-corrected chi connectivity index (χ1v) is 9.77. The van der Waals surface area contributed by atoms with E-state index in [9.17, 15) is 4.79 Å². The summed E-state index contributed by atoms with van der Waals surface area (Å²) in [6, 6.07) is 2.14. The fourth-order valence-corrected chi connectivity index (χ4v) is 4.51. The maximum absolute atomic E-state index is 13.3. The van der Waals surface area contributed by atoms with Crippen LogP contribution in [0.5, 0.6) is 0 Å². The van der Waals surface area contributed by atoms with E-state index in [2.05, 4.69) is 19.9 Å². The first kappa shape index (κ1) is 17.0. The fraction of sp³-hybridized carbons (Fsp3) is 0.444. The molecule has 1 saturated heterocycles. The van der Waals surface area contributed by atoms with Crippen LogP contribution in [0.2, 0.25) is 0 Å². The lowest BCUT2D eigenvalue weighted by molar-refractivity contribution is 0.0582. The van der Waals surface area contributed by atoms with Crippen LogP contribution in [-0.2, 0) is 6.54 Å². The summed E-state index contributed by atoms with van der Waals surface area (Å²) in [5, 5.41) is 10.8. The molecule has 1 atom stereocenters. The summed E-state index contributed by atoms with van der Waals surface area (Å²) in [6.07, 6.45) is 8.50. The number of aromatic nitrogens is 5. The average Bonchev–Trinajstić information content (AvgIpc) is 3.37. The third-order valence-electron chi connectivity index (χ3n) is 5.03. The molecule has 0 aliphatic carbocycles. The highest BCUT2D eigenvalue weighted by Gasteiger charge is 2.30. The molecule has 26 heavy (non-hydrogen) atoms. The Kier molecular flexibility index (Phi) is 4.58. The molecule has 0 spiro atoms. The first-order valence-electron chi connectivity index (χ1n) is 8.89. The SMILES string of the molecule is Cc1cc(C(=O)N2CCCCC2Cn2ccnn2)c(C)n1-c1nccs1. The van der Waals surface area contributed by atoms with E-state index in [0.717, 1.165) is 47.9 Å². The Hall–Kier alpha value is -2.48. The van der Waals surface area contributed by atoms with Crippen molar-refractivity contribution in [2.45, 2.75) is 45.7 Å². The first-order chi connectivity index (χ1) is 12.6. The molecule has 7 nitrogen and oxygen atoms in total. The summed E-state index contributed by atoms with van der Waals surface area (Å²) in [7, 11) is 0. The van der Waals surface area contributed by atoms with Gasteiger partial charge in [-0.3, -0.25) is 14.0 Å². The van der Waals surface area contributed by atoms with Gasteiger partial charge in [-0.25, -0.2) is 4.98 Å². The molecule has 1 aliphatic heterocycles. The molecule has 136 valence electrons. The van der Waals surface area contributed by atoms with Crippen LogP contribution in [0.1, 0.15) is 41.0 Å². The number of amides is 1. The molecule has 0 radical (unpaired) electrons. The largest absolute Gasteiger partial charge is 0.334 e. The number of carbonyl (C=O) groups is 1. The third kappa shape index (κ3) is 3.05. The van der Waals surface area contributed by atoms with Gasteiger partial charge in [0.2, 0.25) is 0 Å². The highest BCUT2D eigenvalue weighted by Crippen LogP contribution is 2.26. The number of hydrogen-bond acceptors (Lipinski definition) is 5. The second-order valence-electron chi connectivity index (χ2n) is 6.71. The van der Waals surface area contributed by atoms with Crippen molar-refractivity contribution in [2.75, 3.05) is 6.54 Å². The van der Waals surface area contributed by atoms with Gasteiger partial charge < -0.3 is 4.90 Å². The minimum Gasteiger partial charge on any atom is -0.334 e. The Morgan fingerprint density at radius 2 is 2.19 bits per heavy atom. The van der Waals surface area contributed by atoms with E-state index < -0.39 is 0 Å². The number of nitrogens with zero attached hydrogens (tertiary/aromatic N) is 6. The van der Waals surface area contributed by atoms with Crippen LogP contribution in [0.15, 0.2) is 30.0 Å². The predicted octanol–water partition coefficient (Wildman–Crippen LogP) is 2.84. The maximum Gasteiger partial charge on any atom is 0.256 e. The lowest BCUT2D eigenvalue weighted by Gasteiger charge is -2.35. The van der Waals surface area contributed by atoms with Crippen molar-refractivity contribution in [1.29, 1.82) is 0 Å². The summed E-state index contributed by atoms with van der Waals surface area (Å²) in [5.74, 6) is 0.103. The number of carbonyl (C=O) groups excluding carboxylic acids is 1. The lowest BCUT2D eigenvalue weighted by Crippen LogP contribution is -2.46. The van der Waals surface area contributed by atoms with Gasteiger partial charge in [-0.15, -0.1) is 16.4 Å². The van der Waals surface area contributed by atoms with Crippen LogP contribution in [-0.4, -0.2) is 47.9 Å². The van der Waals surface area contributed by atoms with Crippen molar-refractivity contribution in [1.82, 2.24) is 29.4 Å². The molecule has 0 bridgehead atoms. The van der Waals surface area contributed by atoms with Crippen LogP contribution >= 0.6 is 11.3 Å². The van der Waals surface area contributed by atoms with E-state index in [1.165, 1.54) is 0 Å². The molecule has 1 unspecified atom stereocenters. The number of likely N-dealkylation sites (tertiary alicyclic amines) is 1. The number of rotatable bonds is 4. The quantitative estimate of drug-likeness (QED) is 0.708. The topological polar surface area (TPSA) is 68.8 Å². The summed E-state index contributed by atoms with van der Waals surface area (Å²) in [5.41, 5.74) is 2.75. The van der Waals surface area contributed by atoms with E-state index in [1.54, 1.807) is 23.7 Å². The van der Waals surface area contributed by atoms with Crippen LogP contribution in [0, 0.1) is 13.8 Å². The smallest absolute Gasteiger partial charge is 0.256 e. The van der Waals surface area contributed by atoms with Crippen molar-refractivity contribution >= 4 is 17.2 Å². The van der Waals surface area contributed by atoms with Crippen LogP contribution < -0.4 is 0 Å². The van der Waals surface area contributed by atoms with Gasteiger partial charge in [-0.05, 0) is 39.2 Å². The summed E-state index contributed by atoms with van der Waals surface area (Å²) >= 11 is 1.58. The Bertz CT molecular complexity index is 883. The zero-order chi connectivity index (χ0) is 18.1. The van der Waals surface area contributed by atoms with Crippen molar-refractivity contribution in [3.63, 3.8) is 0 Å². The monoisotopic (exact) mass is 370 g/mol. The molecular weight excluding hydrogens is 348 g/mol. The normalized spacial score (nSPS) is 17.6. The second-order valence-corrected chi connectivity index (χ2v) is 7.58. The standard InChI is InChI=1S/C18H22N6OS/c1-13-11-16(14(2)24(13)18-19-7-10-26-18)17(25)23-8-4-3-5-15(23)12-22-9-6-20-21-22/h6-7,9-11,15H,3-5,8,12H2,1-2H3. The van der Waals surface area contributed by atoms with Crippen molar-refractivity contribution < 1.29 is 4.79 Å². The van der Waals surface area contributed by atoms with Gasteiger partial charge in [0.15, 0.2) is 5.13 Å². The van der Waals surface area contributed by atoms with E-state index in [-0.39, 0.29) is 11.9 Å². The molecule has 0 saturated carbocycles. The molecule has 1 amide bonds. The molecule has 4 heterocycles. The van der Waals surface area contributed by atoms with Crippen molar-refractivity contribution in [2.24, 2.45) is 0 Å². The molecule has 3 aromatic rings. The number of thiazole rings is 1. The predicted molar refractivity (Wildman–Crippen MR) is 99.6 cm³/mol. The zero-order valence-electron chi connectivity index (χ0n) is 15.0. The van der Waals surface area contributed by atoms with Crippen molar-refractivity contribution in [3.05, 3.63) is 47.0 Å². The third-order valence-corrected chi connectivity index (χ3v) is 5.79. The van der Waals surface area contributed by atoms with E-state index in [0.29, 0.717) is 6.54 Å². The zero-order valence-corrected chi connectivity index (χ0v) is 15.8. The average molecular weight is 370 g/mol. The Morgan fingerprint density at radius 1 is 1.31 bits per heavy atom. The van der Waals surface area contributed by atoms with Crippen LogP contribution in [0.25, 0.3) is 5.13 Å². The van der Waals surface area contributed by atoms with Crippen molar-refractivity contribution in [3.8, 4) is 5.13 Å². The van der Waals surface area contributed by atoms with Gasteiger partial charge in [-0.2, -0.15) is 0 Å². The molecule has 0 N–H and O–H groups in total. The molecule has 3 aromatic heterocycles. The van der Waals surface area contributed by atoms with E-state index >= 15 is 0 Å². The fourth-order valence-electron chi connectivity index (χ4n) is 3.76. The van der Waals surface area contributed by atoms with Crippen LogP contribution in [0.4, 0.5) is 0 Å².